The van der Waals surface area contributed by atoms with Gasteiger partial charge in [-0.15, -0.1) is 0 Å². The number of rotatable bonds is 8. The molecular weight excluding hydrogens is 387 g/mol. The Morgan fingerprint density at radius 3 is 2.03 bits per heavy atom. The van der Waals surface area contributed by atoms with Crippen molar-refractivity contribution in [2.45, 2.75) is 13.0 Å². The van der Waals surface area contributed by atoms with Crippen LogP contribution in [-0.2, 0) is 13.0 Å². The van der Waals surface area contributed by atoms with E-state index in [-0.39, 0.29) is 0 Å². The van der Waals surface area contributed by atoms with Crippen molar-refractivity contribution in [3.8, 4) is 5.75 Å². The van der Waals surface area contributed by atoms with Crippen LogP contribution in [0.2, 0.25) is 0 Å². The lowest BCUT2D eigenvalue weighted by atomic mass is 10.0. The van der Waals surface area contributed by atoms with Crippen molar-refractivity contribution in [3.05, 3.63) is 125 Å². The number of aldehydes is 1. The van der Waals surface area contributed by atoms with Gasteiger partial charge in [-0.3, -0.25) is 4.79 Å². The summed E-state index contributed by atoms with van der Waals surface area (Å²) in [6.07, 6.45) is 1.74. The molecule has 1 unspecified atom stereocenters. The molecule has 0 aliphatic heterocycles. The lowest BCUT2D eigenvalue weighted by Gasteiger charge is -2.17. The molecule has 148 valence electrons. The molecule has 0 fully saturated rings. The first-order valence-electron chi connectivity index (χ1n) is 9.97. The Kier molecular flexibility index (Phi) is 6.69. The molecule has 0 aliphatic carbocycles. The summed E-state index contributed by atoms with van der Waals surface area (Å²) < 4.78 is 6.39. The molecule has 4 aromatic rings. The Labute approximate surface area is 179 Å². The molecule has 0 radical (unpaired) electrons. The third kappa shape index (κ3) is 5.03. The summed E-state index contributed by atoms with van der Waals surface area (Å²) in [5.41, 5.74) is 4.27. The fraction of sp³-hybridized carbons (Fsp3) is 0.0741. The van der Waals surface area contributed by atoms with E-state index in [0.29, 0.717) is 15.2 Å². The number of hydrogen-bond donors (Lipinski definition) is 0. The molecular formula is C27H23O2P. The second-order valence-corrected chi connectivity index (χ2v) is 8.39. The molecule has 0 spiro atoms. The zero-order valence-corrected chi connectivity index (χ0v) is 17.6. The molecule has 4 aromatic carbocycles. The van der Waals surface area contributed by atoms with Crippen molar-refractivity contribution in [1.82, 2.24) is 0 Å². The summed E-state index contributed by atoms with van der Waals surface area (Å²) in [6, 6.07) is 34.7. The molecule has 0 bridgehead atoms. The maximum absolute atomic E-state index is 11.5. The molecule has 0 amide bonds. The van der Waals surface area contributed by atoms with Gasteiger partial charge in [-0.1, -0.05) is 112 Å². The molecule has 30 heavy (non-hydrogen) atoms. The maximum atomic E-state index is 11.5. The standard InChI is InChI=1S/C27H23O2P/c28-19-24-14-7-8-16-25(24)30-26-17-9-15-23(18-21-10-3-1-4-11-21)27(26)29-20-22-12-5-2-6-13-22/h1-17,19,30H,18,20H2. The molecule has 0 aliphatic rings. The van der Waals surface area contributed by atoms with Gasteiger partial charge in [0.2, 0.25) is 0 Å². The van der Waals surface area contributed by atoms with Crippen LogP contribution in [0.15, 0.2) is 103 Å². The second kappa shape index (κ2) is 10.0. The van der Waals surface area contributed by atoms with E-state index in [9.17, 15) is 4.79 Å². The quantitative estimate of drug-likeness (QED) is 0.291. The molecule has 3 heteroatoms. The van der Waals surface area contributed by atoms with Gasteiger partial charge in [0.25, 0.3) is 0 Å². The third-order valence-corrected chi connectivity index (χ3v) is 6.30. The Morgan fingerprint density at radius 2 is 1.30 bits per heavy atom. The average Bonchev–Trinajstić information content (AvgIpc) is 2.80. The summed E-state index contributed by atoms with van der Waals surface area (Å²) in [4.78, 5) is 11.5. The van der Waals surface area contributed by atoms with Crippen LogP contribution in [0.3, 0.4) is 0 Å². The highest BCUT2D eigenvalue weighted by atomic mass is 31.1. The van der Waals surface area contributed by atoms with Gasteiger partial charge < -0.3 is 4.74 Å². The van der Waals surface area contributed by atoms with Gasteiger partial charge in [-0.2, -0.15) is 0 Å². The van der Waals surface area contributed by atoms with Crippen LogP contribution < -0.4 is 15.3 Å². The van der Waals surface area contributed by atoms with Crippen LogP contribution >= 0.6 is 8.58 Å². The number of ether oxygens (including phenoxy) is 1. The molecule has 4 rings (SSSR count). The van der Waals surface area contributed by atoms with Crippen LogP contribution in [0.25, 0.3) is 0 Å². The van der Waals surface area contributed by atoms with E-state index >= 15 is 0 Å². The smallest absolute Gasteiger partial charge is 0.150 e. The van der Waals surface area contributed by atoms with Crippen molar-refractivity contribution in [2.75, 3.05) is 0 Å². The summed E-state index contributed by atoms with van der Waals surface area (Å²) in [7, 11) is 0.350. The topological polar surface area (TPSA) is 26.3 Å². The van der Waals surface area contributed by atoms with Gasteiger partial charge in [0, 0.05) is 17.3 Å². The van der Waals surface area contributed by atoms with Crippen molar-refractivity contribution in [2.24, 2.45) is 0 Å². The van der Waals surface area contributed by atoms with E-state index in [1.807, 2.05) is 48.5 Å². The normalized spacial score (nSPS) is 10.9. The Morgan fingerprint density at radius 1 is 0.667 bits per heavy atom. The first-order valence-corrected chi connectivity index (χ1v) is 11.0. The minimum absolute atomic E-state index is 0.350. The minimum Gasteiger partial charge on any atom is -0.488 e. The van der Waals surface area contributed by atoms with Gasteiger partial charge in [0.1, 0.15) is 12.4 Å². The summed E-state index contributed by atoms with van der Waals surface area (Å²) in [5.74, 6) is 0.921. The van der Waals surface area contributed by atoms with Crippen LogP contribution in [0, 0.1) is 0 Å². The van der Waals surface area contributed by atoms with E-state index in [0.717, 1.165) is 45.8 Å². The first kappa shape index (κ1) is 20.1. The van der Waals surface area contributed by atoms with E-state index < -0.39 is 0 Å². The Bertz CT molecular complexity index is 1110. The van der Waals surface area contributed by atoms with Crippen LogP contribution in [0.5, 0.6) is 5.75 Å². The maximum Gasteiger partial charge on any atom is 0.150 e. The number of para-hydroxylation sites is 1. The monoisotopic (exact) mass is 410 g/mol. The number of benzene rings is 4. The van der Waals surface area contributed by atoms with Crippen LogP contribution in [0.1, 0.15) is 27.0 Å². The second-order valence-electron chi connectivity index (χ2n) is 7.06. The summed E-state index contributed by atoms with van der Waals surface area (Å²) in [6.45, 7) is 0.513. The van der Waals surface area contributed by atoms with Crippen molar-refractivity contribution >= 4 is 25.5 Å². The van der Waals surface area contributed by atoms with Gasteiger partial charge >= 0.3 is 0 Å². The summed E-state index contributed by atoms with van der Waals surface area (Å²) >= 11 is 0. The number of hydrogen-bond acceptors (Lipinski definition) is 2. The molecule has 0 heterocycles. The molecule has 0 aromatic heterocycles. The van der Waals surface area contributed by atoms with Crippen molar-refractivity contribution in [3.63, 3.8) is 0 Å². The predicted molar refractivity (Wildman–Crippen MR) is 126 cm³/mol. The predicted octanol–water partition coefficient (Wildman–Crippen LogP) is 5.30. The van der Waals surface area contributed by atoms with Gasteiger partial charge in [-0.05, 0) is 22.0 Å². The molecule has 2 nitrogen and oxygen atoms in total. The van der Waals surface area contributed by atoms with Crippen molar-refractivity contribution < 1.29 is 9.53 Å². The lowest BCUT2D eigenvalue weighted by molar-refractivity contribution is 0.112. The molecule has 1 atom stereocenters. The highest BCUT2D eigenvalue weighted by Crippen LogP contribution is 2.27. The zero-order chi connectivity index (χ0) is 20.6. The average molecular weight is 410 g/mol. The Balaban J connectivity index is 1.68. The van der Waals surface area contributed by atoms with Gasteiger partial charge in [-0.25, -0.2) is 0 Å². The number of carbonyl (C=O) groups excluding carboxylic acids is 1. The first-order chi connectivity index (χ1) is 14.8. The Hall–Kier alpha value is -3.22. The molecule has 0 saturated heterocycles. The third-order valence-electron chi connectivity index (χ3n) is 4.92. The summed E-state index contributed by atoms with van der Waals surface area (Å²) in [5, 5.41) is 2.16. The largest absolute Gasteiger partial charge is 0.488 e. The van der Waals surface area contributed by atoms with E-state index in [2.05, 4.69) is 54.6 Å². The van der Waals surface area contributed by atoms with Gasteiger partial charge in [0.15, 0.2) is 6.29 Å². The van der Waals surface area contributed by atoms with Gasteiger partial charge in [0.05, 0.1) is 0 Å². The minimum atomic E-state index is 0.350. The van der Waals surface area contributed by atoms with Crippen LogP contribution in [-0.4, -0.2) is 6.29 Å². The lowest BCUT2D eigenvalue weighted by Crippen LogP contribution is -2.13. The highest BCUT2D eigenvalue weighted by molar-refractivity contribution is 7.56. The fourth-order valence-electron chi connectivity index (χ4n) is 3.40. The zero-order valence-electron chi connectivity index (χ0n) is 16.6. The van der Waals surface area contributed by atoms with Crippen molar-refractivity contribution in [1.29, 1.82) is 0 Å². The van der Waals surface area contributed by atoms with E-state index in [4.69, 9.17) is 4.74 Å². The molecule has 0 saturated carbocycles. The van der Waals surface area contributed by atoms with E-state index in [1.165, 1.54) is 5.56 Å². The fourth-order valence-corrected chi connectivity index (χ4v) is 4.68. The SMILES string of the molecule is O=Cc1ccccc1Pc1cccc(Cc2ccccc2)c1OCc1ccccc1. The van der Waals surface area contributed by atoms with Crippen LogP contribution in [0.4, 0.5) is 0 Å². The molecule has 0 N–H and O–H groups in total. The number of carbonyl (C=O) groups is 1. The highest BCUT2D eigenvalue weighted by Gasteiger charge is 2.13. The van der Waals surface area contributed by atoms with E-state index in [1.54, 1.807) is 0 Å².